The third-order valence-corrected chi connectivity index (χ3v) is 10.4. The first-order valence-corrected chi connectivity index (χ1v) is 14.4. The highest BCUT2D eigenvalue weighted by Crippen LogP contribution is 2.60. The number of rotatable bonds is 5. The van der Waals surface area contributed by atoms with Crippen molar-refractivity contribution in [3.05, 3.63) is 35.4 Å². The molecule has 1 aromatic carbocycles. The van der Waals surface area contributed by atoms with Crippen LogP contribution < -0.4 is 4.90 Å². The van der Waals surface area contributed by atoms with Crippen LogP contribution in [0.3, 0.4) is 0 Å². The van der Waals surface area contributed by atoms with E-state index in [-0.39, 0.29) is 0 Å². The van der Waals surface area contributed by atoms with Gasteiger partial charge in [-0.15, -0.1) is 0 Å². The summed E-state index contributed by atoms with van der Waals surface area (Å²) in [6.07, 6.45) is 8.49. The van der Waals surface area contributed by atoms with Crippen molar-refractivity contribution in [1.29, 1.82) is 0 Å². The molecule has 1 unspecified atom stereocenters. The first kappa shape index (κ1) is 22.0. The highest BCUT2D eigenvalue weighted by Gasteiger charge is 2.44. The molecule has 4 atom stereocenters. The maximum absolute atomic E-state index is 11.1. The molecule has 3 heterocycles. The van der Waals surface area contributed by atoms with Crippen molar-refractivity contribution >= 4 is 27.4 Å². The van der Waals surface area contributed by atoms with Crippen LogP contribution >= 0.6 is 11.5 Å². The Labute approximate surface area is 211 Å². The van der Waals surface area contributed by atoms with Crippen LogP contribution in [0.25, 0.3) is 10.1 Å². The van der Waals surface area contributed by atoms with Crippen LogP contribution in [0.5, 0.6) is 11.8 Å². The number of aromatic hydroxyl groups is 2. The summed E-state index contributed by atoms with van der Waals surface area (Å²) in [6.45, 7) is 6.10. The van der Waals surface area contributed by atoms with Gasteiger partial charge >= 0.3 is 0 Å². The van der Waals surface area contributed by atoms with Gasteiger partial charge in [0.1, 0.15) is 5.82 Å². The molecule has 7 rings (SSSR count). The minimum atomic E-state index is 0.373. The quantitative estimate of drug-likeness (QED) is 0.492. The average molecular weight is 493 g/mol. The van der Waals surface area contributed by atoms with E-state index in [0.29, 0.717) is 35.4 Å². The van der Waals surface area contributed by atoms with Gasteiger partial charge in [0.2, 0.25) is 0 Å². The molecule has 2 N–H and O–H groups in total. The maximum Gasteiger partial charge on any atom is 0.197 e. The van der Waals surface area contributed by atoms with E-state index in [1.54, 1.807) is 11.5 Å². The van der Waals surface area contributed by atoms with Gasteiger partial charge in [0.15, 0.2) is 11.8 Å². The molecule has 186 valence electrons. The van der Waals surface area contributed by atoms with Crippen molar-refractivity contribution in [3.63, 3.8) is 0 Å². The van der Waals surface area contributed by atoms with Gasteiger partial charge in [-0.25, -0.2) is 0 Å². The molecule has 3 fully saturated rings. The molecule has 6 nitrogen and oxygen atoms in total. The van der Waals surface area contributed by atoms with Crippen LogP contribution in [0.15, 0.2) is 24.3 Å². The lowest BCUT2D eigenvalue weighted by molar-refractivity contribution is 0.130. The van der Waals surface area contributed by atoms with Gasteiger partial charge in [-0.3, -0.25) is 9.47 Å². The van der Waals surface area contributed by atoms with Gasteiger partial charge in [-0.2, -0.15) is 4.37 Å². The summed E-state index contributed by atoms with van der Waals surface area (Å²) in [5, 5.41) is 23.4. The van der Waals surface area contributed by atoms with E-state index in [4.69, 9.17) is 4.37 Å². The summed E-state index contributed by atoms with van der Waals surface area (Å²) in [6, 6.07) is 8.56. The lowest BCUT2D eigenvalue weighted by Crippen LogP contribution is -2.49. The van der Waals surface area contributed by atoms with Crippen molar-refractivity contribution in [3.8, 4) is 11.8 Å². The van der Waals surface area contributed by atoms with Crippen molar-refractivity contribution < 1.29 is 10.2 Å². The highest BCUT2D eigenvalue weighted by atomic mass is 32.1. The Morgan fingerprint density at radius 3 is 2.20 bits per heavy atom. The van der Waals surface area contributed by atoms with E-state index in [1.807, 2.05) is 4.57 Å². The largest absolute Gasteiger partial charge is 0.494 e. The second kappa shape index (κ2) is 8.70. The summed E-state index contributed by atoms with van der Waals surface area (Å²) in [5.74, 6) is 3.98. The van der Waals surface area contributed by atoms with E-state index < -0.39 is 0 Å². The summed E-state index contributed by atoms with van der Waals surface area (Å²) in [5.41, 5.74) is 2.16. The van der Waals surface area contributed by atoms with Crippen LogP contribution in [-0.2, 0) is 6.54 Å². The number of piperazine rings is 1. The maximum atomic E-state index is 11.1. The molecule has 0 spiro atoms. The first-order valence-electron chi connectivity index (χ1n) is 13.6. The molecule has 0 amide bonds. The van der Waals surface area contributed by atoms with Crippen LogP contribution in [-0.4, -0.2) is 56.8 Å². The van der Waals surface area contributed by atoms with Crippen molar-refractivity contribution in [2.75, 3.05) is 37.6 Å². The third-order valence-electron chi connectivity index (χ3n) is 9.54. The fourth-order valence-corrected chi connectivity index (χ4v) is 8.49. The molecule has 3 aliphatic carbocycles. The van der Waals surface area contributed by atoms with Gasteiger partial charge in [-0.1, -0.05) is 25.0 Å². The van der Waals surface area contributed by atoms with Crippen LogP contribution in [0.1, 0.15) is 67.9 Å². The number of aromatic nitrogens is 2. The second-order valence-corrected chi connectivity index (χ2v) is 12.2. The topological polar surface area (TPSA) is 64.8 Å². The Morgan fingerprint density at radius 2 is 1.49 bits per heavy atom. The highest BCUT2D eigenvalue weighted by molar-refractivity contribution is 7.13. The van der Waals surface area contributed by atoms with E-state index in [9.17, 15) is 10.2 Å². The normalized spacial score (nSPS) is 28.7. The molecule has 7 heteroatoms. The molecule has 0 radical (unpaired) electrons. The molecule has 2 bridgehead atoms. The number of hydrogen-bond donors (Lipinski definition) is 2. The zero-order valence-corrected chi connectivity index (χ0v) is 21.2. The van der Waals surface area contributed by atoms with Gasteiger partial charge in [0.05, 0.1) is 4.70 Å². The zero-order valence-electron chi connectivity index (χ0n) is 20.4. The molecule has 2 saturated carbocycles. The monoisotopic (exact) mass is 492 g/mol. The van der Waals surface area contributed by atoms with Gasteiger partial charge in [0.25, 0.3) is 0 Å². The van der Waals surface area contributed by atoms with E-state index in [1.165, 1.54) is 48.6 Å². The van der Waals surface area contributed by atoms with E-state index in [2.05, 4.69) is 34.1 Å². The number of benzene rings is 1. The molecule has 35 heavy (non-hydrogen) atoms. The Bertz CT molecular complexity index is 1190. The van der Waals surface area contributed by atoms with Crippen LogP contribution in [0.4, 0.5) is 5.82 Å². The molecule has 3 aromatic rings. The Hall–Kier alpha value is -2.25. The molecule has 1 aliphatic heterocycles. The zero-order chi connectivity index (χ0) is 23.5. The number of hydrogen-bond acceptors (Lipinski definition) is 6. The Kier molecular flexibility index (Phi) is 5.46. The Balaban J connectivity index is 1.02. The van der Waals surface area contributed by atoms with Crippen molar-refractivity contribution in [2.24, 2.45) is 11.8 Å². The predicted octanol–water partition coefficient (Wildman–Crippen LogP) is 5.50. The average Bonchev–Trinajstić information content (AvgIpc) is 3.66. The summed E-state index contributed by atoms with van der Waals surface area (Å²) < 4.78 is 7.92. The van der Waals surface area contributed by atoms with E-state index >= 15 is 0 Å². The van der Waals surface area contributed by atoms with Crippen molar-refractivity contribution in [1.82, 2.24) is 13.8 Å². The number of fused-ring (bicyclic) bond motifs is 6. The van der Waals surface area contributed by atoms with Gasteiger partial charge in [0, 0.05) is 55.8 Å². The van der Waals surface area contributed by atoms with Crippen LogP contribution in [0, 0.1) is 11.8 Å². The minimum absolute atomic E-state index is 0.373. The summed E-state index contributed by atoms with van der Waals surface area (Å²) >= 11 is 1.60. The van der Waals surface area contributed by atoms with Crippen LogP contribution in [0.2, 0.25) is 0 Å². The lowest BCUT2D eigenvalue weighted by Gasteiger charge is -2.40. The standard InChI is InChI=1S/C28H36N4O2S/c33-27-24-18-9-10-19(15-18)25(24)28(34)32(27)17-21-6-2-1-5-20(21)16-30-11-13-31(14-12-30)26-22-7-3-4-8-23(22)35-29-26/h3-4,7-8,18-21,33-34H,1-2,5-6,9-17H2/t18-,19?,20-,21-/m0/s1. The SMILES string of the molecule is Oc1c2c(c(O)n1C[C@@H]1CCCC[C@H]1CN1CCN(c3nsc4ccccc34)CC1)[C@H]1CCC2C1. The van der Waals surface area contributed by atoms with Gasteiger partial charge < -0.3 is 15.1 Å². The fourth-order valence-electron chi connectivity index (χ4n) is 7.69. The molecule has 2 aromatic heterocycles. The first-order chi connectivity index (χ1) is 17.2. The van der Waals surface area contributed by atoms with Crippen molar-refractivity contribution in [2.45, 2.75) is 63.3 Å². The van der Waals surface area contributed by atoms with Gasteiger partial charge in [-0.05, 0) is 79.4 Å². The predicted molar refractivity (Wildman–Crippen MR) is 141 cm³/mol. The molecular formula is C28H36N4O2S. The minimum Gasteiger partial charge on any atom is -0.494 e. The number of anilines is 1. The molecule has 1 saturated heterocycles. The van der Waals surface area contributed by atoms with E-state index in [0.717, 1.165) is 62.6 Å². The third kappa shape index (κ3) is 3.65. The molecule has 4 aliphatic rings. The fraction of sp³-hybridized carbons (Fsp3) is 0.607. The Morgan fingerprint density at radius 1 is 0.829 bits per heavy atom. The second-order valence-electron chi connectivity index (χ2n) is 11.4. The number of nitrogens with zero attached hydrogens (tertiary/aromatic N) is 4. The lowest BCUT2D eigenvalue weighted by atomic mass is 9.78. The smallest absolute Gasteiger partial charge is 0.197 e. The summed E-state index contributed by atoms with van der Waals surface area (Å²) in [7, 11) is 0. The molecular weight excluding hydrogens is 456 g/mol. The summed E-state index contributed by atoms with van der Waals surface area (Å²) in [4.78, 5) is 5.10.